The zero-order valence-corrected chi connectivity index (χ0v) is 12.7. The van der Waals surface area contributed by atoms with Crippen LogP contribution >= 0.6 is 12.2 Å². The van der Waals surface area contributed by atoms with Gasteiger partial charge in [-0.25, -0.2) is 0 Å². The van der Waals surface area contributed by atoms with Crippen LogP contribution in [0.1, 0.15) is 31.1 Å². The fraction of sp³-hybridized carbons (Fsp3) is 0.429. The number of aliphatic hydroxyl groups excluding tert-OH is 1. The molecule has 0 aliphatic carbocycles. The molecule has 3 N–H and O–H groups in total. The van der Waals surface area contributed by atoms with Crippen LogP contribution in [0.3, 0.4) is 0 Å². The summed E-state index contributed by atoms with van der Waals surface area (Å²) >= 11 is 4.98. The highest BCUT2D eigenvalue weighted by Gasteiger charge is 2.14. The first kappa shape index (κ1) is 16.4. The van der Waals surface area contributed by atoms with E-state index in [1.54, 1.807) is 31.2 Å². The lowest BCUT2D eigenvalue weighted by Crippen LogP contribution is -2.42. The van der Waals surface area contributed by atoms with Gasteiger partial charge in [0.1, 0.15) is 5.75 Å². The molecule has 0 bridgehead atoms. The minimum Gasteiger partial charge on any atom is -0.490 e. The highest BCUT2D eigenvalue weighted by Crippen LogP contribution is 2.19. The van der Waals surface area contributed by atoms with E-state index in [1.807, 2.05) is 13.8 Å². The highest BCUT2D eigenvalue weighted by molar-refractivity contribution is 7.80. The Morgan fingerprint density at radius 2 is 2.00 bits per heavy atom. The Labute approximate surface area is 124 Å². The fourth-order valence-electron chi connectivity index (χ4n) is 1.47. The Balaban J connectivity index is 2.70. The largest absolute Gasteiger partial charge is 0.490 e. The number of amides is 1. The number of hydrogen-bond acceptors (Lipinski definition) is 4. The Morgan fingerprint density at radius 1 is 1.35 bits per heavy atom. The van der Waals surface area contributed by atoms with Gasteiger partial charge >= 0.3 is 0 Å². The van der Waals surface area contributed by atoms with Crippen LogP contribution in [0.2, 0.25) is 0 Å². The number of aliphatic hydroxyl groups is 1. The molecule has 0 radical (unpaired) electrons. The van der Waals surface area contributed by atoms with Crippen molar-refractivity contribution < 1.29 is 14.6 Å². The summed E-state index contributed by atoms with van der Waals surface area (Å²) in [4.78, 5) is 12.1. The van der Waals surface area contributed by atoms with E-state index in [9.17, 15) is 4.79 Å². The van der Waals surface area contributed by atoms with Gasteiger partial charge in [0.15, 0.2) is 5.11 Å². The monoisotopic (exact) mass is 296 g/mol. The lowest BCUT2D eigenvalue weighted by atomic mass is 10.2. The SMILES string of the molecule is CC(O)CNC(=S)NC(=O)c1ccccc1OC(C)C. The first-order valence-corrected chi connectivity index (χ1v) is 6.84. The average molecular weight is 296 g/mol. The van der Waals surface area contributed by atoms with Crippen LogP contribution in [-0.2, 0) is 0 Å². The second kappa shape index (κ2) is 7.81. The van der Waals surface area contributed by atoms with Crippen molar-refractivity contribution in [3.05, 3.63) is 29.8 Å². The third-order valence-electron chi connectivity index (χ3n) is 2.28. The summed E-state index contributed by atoms with van der Waals surface area (Å²) in [6.45, 7) is 5.69. The van der Waals surface area contributed by atoms with Crippen LogP contribution < -0.4 is 15.4 Å². The smallest absolute Gasteiger partial charge is 0.261 e. The number of carbonyl (C=O) groups is 1. The fourth-order valence-corrected chi connectivity index (χ4v) is 1.64. The molecular weight excluding hydrogens is 276 g/mol. The molecule has 0 spiro atoms. The Kier molecular flexibility index (Phi) is 6.41. The van der Waals surface area contributed by atoms with Gasteiger partial charge in [0.05, 0.1) is 17.8 Å². The number of rotatable bonds is 5. The number of ether oxygens (including phenoxy) is 1. The molecule has 0 saturated heterocycles. The maximum atomic E-state index is 12.1. The first-order chi connectivity index (χ1) is 9.40. The molecule has 1 aromatic carbocycles. The predicted octanol–water partition coefficient (Wildman–Crippen LogP) is 1.46. The van der Waals surface area contributed by atoms with Gasteiger partial charge in [0, 0.05) is 6.54 Å². The normalized spacial score (nSPS) is 11.8. The molecule has 0 heterocycles. The second-order valence-corrected chi connectivity index (χ2v) is 5.08. The average Bonchev–Trinajstić information content (AvgIpc) is 2.36. The lowest BCUT2D eigenvalue weighted by Gasteiger charge is -2.15. The maximum Gasteiger partial charge on any atom is 0.261 e. The van der Waals surface area contributed by atoms with Crippen LogP contribution in [0.25, 0.3) is 0 Å². The minimum absolute atomic E-state index is 0.0238. The summed E-state index contributed by atoms with van der Waals surface area (Å²) in [6, 6.07) is 6.97. The summed E-state index contributed by atoms with van der Waals surface area (Å²) in [6.07, 6.45) is -0.564. The van der Waals surface area contributed by atoms with Crippen LogP contribution in [0, 0.1) is 0 Å². The standard InChI is InChI=1S/C14H20N2O3S/c1-9(2)19-12-7-5-4-6-11(12)13(18)16-14(20)15-8-10(3)17/h4-7,9-10,17H,8H2,1-3H3,(H2,15,16,18,20). The summed E-state index contributed by atoms with van der Waals surface area (Å²) in [5.74, 6) is 0.169. The molecule has 0 aliphatic heterocycles. The van der Waals surface area contributed by atoms with Gasteiger partial charge in [-0.2, -0.15) is 0 Å². The minimum atomic E-state index is -0.540. The predicted molar refractivity (Wildman–Crippen MR) is 82.0 cm³/mol. The third-order valence-corrected chi connectivity index (χ3v) is 2.53. The molecular formula is C14H20N2O3S. The number of para-hydroxylation sites is 1. The molecule has 0 aliphatic rings. The summed E-state index contributed by atoms with van der Waals surface area (Å²) in [5, 5.41) is 14.6. The summed E-state index contributed by atoms with van der Waals surface area (Å²) in [7, 11) is 0. The van der Waals surface area contributed by atoms with Crippen molar-refractivity contribution in [2.45, 2.75) is 33.0 Å². The van der Waals surface area contributed by atoms with Crippen molar-refractivity contribution in [3.63, 3.8) is 0 Å². The molecule has 0 aromatic heterocycles. The van der Waals surface area contributed by atoms with Crippen LogP contribution in [0.4, 0.5) is 0 Å². The van der Waals surface area contributed by atoms with Crippen molar-refractivity contribution in [1.29, 1.82) is 0 Å². The molecule has 1 unspecified atom stereocenters. The molecule has 0 saturated carbocycles. The molecule has 1 atom stereocenters. The topological polar surface area (TPSA) is 70.6 Å². The van der Waals surface area contributed by atoms with E-state index in [0.717, 1.165) is 0 Å². The van der Waals surface area contributed by atoms with E-state index >= 15 is 0 Å². The van der Waals surface area contributed by atoms with Gasteiger partial charge in [-0.3, -0.25) is 10.1 Å². The Bertz CT molecular complexity index is 475. The van der Waals surface area contributed by atoms with Crippen molar-refractivity contribution >= 4 is 23.2 Å². The maximum absolute atomic E-state index is 12.1. The molecule has 110 valence electrons. The number of hydrogen-bond donors (Lipinski definition) is 3. The number of nitrogens with one attached hydrogen (secondary N) is 2. The highest BCUT2D eigenvalue weighted by atomic mass is 32.1. The number of benzene rings is 1. The molecule has 1 amide bonds. The number of thiocarbonyl (C=S) groups is 1. The zero-order chi connectivity index (χ0) is 15.1. The van der Waals surface area contributed by atoms with Crippen molar-refractivity contribution in [2.75, 3.05) is 6.54 Å². The third kappa shape index (κ3) is 5.54. The summed E-state index contributed by atoms with van der Waals surface area (Å²) < 4.78 is 5.58. The van der Waals surface area contributed by atoms with Gasteiger partial charge in [0.2, 0.25) is 0 Å². The van der Waals surface area contributed by atoms with Gasteiger partial charge in [-0.05, 0) is 45.1 Å². The van der Waals surface area contributed by atoms with E-state index in [2.05, 4.69) is 10.6 Å². The van der Waals surface area contributed by atoms with Gasteiger partial charge < -0.3 is 15.2 Å². The van der Waals surface area contributed by atoms with Crippen molar-refractivity contribution in [1.82, 2.24) is 10.6 Å². The second-order valence-electron chi connectivity index (χ2n) is 4.68. The van der Waals surface area contributed by atoms with E-state index < -0.39 is 6.10 Å². The molecule has 0 fully saturated rings. The van der Waals surface area contributed by atoms with Gasteiger partial charge in [0.25, 0.3) is 5.91 Å². The quantitative estimate of drug-likeness (QED) is 0.718. The Morgan fingerprint density at radius 3 is 2.60 bits per heavy atom. The molecule has 5 nitrogen and oxygen atoms in total. The van der Waals surface area contributed by atoms with Crippen molar-refractivity contribution in [2.24, 2.45) is 0 Å². The van der Waals surface area contributed by atoms with Crippen LogP contribution in [-0.4, -0.2) is 34.9 Å². The van der Waals surface area contributed by atoms with E-state index in [4.69, 9.17) is 22.1 Å². The van der Waals surface area contributed by atoms with E-state index in [1.165, 1.54) is 0 Å². The number of carbonyl (C=O) groups excluding carboxylic acids is 1. The van der Waals surface area contributed by atoms with Crippen LogP contribution in [0.5, 0.6) is 5.75 Å². The first-order valence-electron chi connectivity index (χ1n) is 6.43. The molecule has 1 rings (SSSR count). The zero-order valence-electron chi connectivity index (χ0n) is 11.8. The molecule has 20 heavy (non-hydrogen) atoms. The Hall–Kier alpha value is -1.66. The van der Waals surface area contributed by atoms with Crippen LogP contribution in [0.15, 0.2) is 24.3 Å². The van der Waals surface area contributed by atoms with E-state index in [-0.39, 0.29) is 23.7 Å². The molecule has 6 heteroatoms. The summed E-state index contributed by atoms with van der Waals surface area (Å²) in [5.41, 5.74) is 0.419. The lowest BCUT2D eigenvalue weighted by molar-refractivity contribution is 0.0970. The van der Waals surface area contributed by atoms with E-state index in [0.29, 0.717) is 11.3 Å². The van der Waals surface area contributed by atoms with Gasteiger partial charge in [-0.15, -0.1) is 0 Å². The molecule has 1 aromatic rings. The van der Waals surface area contributed by atoms with Crippen molar-refractivity contribution in [3.8, 4) is 5.75 Å². The van der Waals surface area contributed by atoms with Gasteiger partial charge in [-0.1, -0.05) is 12.1 Å².